The van der Waals surface area contributed by atoms with Crippen LogP contribution in [0, 0.1) is 0 Å². The van der Waals surface area contributed by atoms with Gasteiger partial charge in [-0.15, -0.1) is 0 Å². The van der Waals surface area contributed by atoms with Gasteiger partial charge in [0.25, 0.3) is 0 Å². The molecule has 1 N–H and O–H groups in total. The van der Waals surface area contributed by atoms with Gasteiger partial charge in [0.15, 0.2) is 0 Å². The maximum Gasteiger partial charge on any atom is 0.238 e. The van der Waals surface area contributed by atoms with Gasteiger partial charge in [0.2, 0.25) is 15.9 Å². The molecule has 1 aromatic rings. The molecule has 0 aliphatic carbocycles. The second-order valence-electron chi connectivity index (χ2n) is 6.11. The zero-order valence-electron chi connectivity index (χ0n) is 14.0. The molecule has 0 spiro atoms. The van der Waals surface area contributed by atoms with Gasteiger partial charge in [0.1, 0.15) is 6.04 Å². The van der Waals surface area contributed by atoms with Crippen LogP contribution in [0.5, 0.6) is 0 Å². The third-order valence-electron chi connectivity index (χ3n) is 4.20. The molecule has 1 heterocycles. The highest BCUT2D eigenvalue weighted by Gasteiger charge is 2.35. The number of amides is 1. The fraction of sp³-hybridized carbons (Fsp3) is 0.588. The van der Waals surface area contributed by atoms with Crippen LogP contribution in [-0.4, -0.2) is 43.5 Å². The second kappa shape index (κ2) is 8.83. The van der Waals surface area contributed by atoms with Gasteiger partial charge in [-0.05, 0) is 43.4 Å². The van der Waals surface area contributed by atoms with E-state index in [0.717, 1.165) is 18.4 Å². The number of hydrogen-bond donors (Lipinski definition) is 1. The number of carbonyl (C=O) groups is 1. The lowest BCUT2D eigenvalue weighted by Crippen LogP contribution is -2.52. The highest BCUT2D eigenvalue weighted by molar-refractivity contribution is 7.89. The first-order valence-corrected chi connectivity index (χ1v) is 10.4. The molecule has 1 amide bonds. The van der Waals surface area contributed by atoms with E-state index in [1.54, 1.807) is 0 Å². The first kappa shape index (κ1) is 19.2. The molecule has 2 rings (SSSR count). The van der Waals surface area contributed by atoms with Crippen molar-refractivity contribution in [3.63, 3.8) is 0 Å². The van der Waals surface area contributed by atoms with Crippen LogP contribution in [0.3, 0.4) is 0 Å². The second-order valence-corrected chi connectivity index (χ2v) is 8.58. The predicted molar refractivity (Wildman–Crippen MR) is 96.6 cm³/mol. The molecular formula is C17H25ClN2O3S. The van der Waals surface area contributed by atoms with E-state index in [4.69, 9.17) is 11.6 Å². The summed E-state index contributed by atoms with van der Waals surface area (Å²) in [6.45, 7) is 2.76. The molecule has 0 radical (unpaired) electrons. The summed E-state index contributed by atoms with van der Waals surface area (Å²) in [6.07, 6.45) is 3.54. The van der Waals surface area contributed by atoms with E-state index in [2.05, 4.69) is 5.32 Å². The average molecular weight is 373 g/mol. The van der Waals surface area contributed by atoms with Gasteiger partial charge in [0, 0.05) is 18.1 Å². The van der Waals surface area contributed by atoms with Crippen LogP contribution in [0.4, 0.5) is 0 Å². The Morgan fingerprint density at radius 2 is 2.00 bits per heavy atom. The zero-order valence-corrected chi connectivity index (χ0v) is 15.6. The highest BCUT2D eigenvalue weighted by Crippen LogP contribution is 2.21. The van der Waals surface area contributed by atoms with Crippen LogP contribution in [-0.2, 0) is 21.2 Å². The van der Waals surface area contributed by atoms with Gasteiger partial charge in [-0.2, -0.15) is 4.31 Å². The molecule has 1 unspecified atom stereocenters. The Balaban J connectivity index is 1.92. The molecule has 5 nitrogen and oxygen atoms in total. The van der Waals surface area contributed by atoms with E-state index in [0.29, 0.717) is 37.4 Å². The van der Waals surface area contributed by atoms with Crippen molar-refractivity contribution in [2.45, 2.75) is 45.1 Å². The maximum atomic E-state index is 12.5. The van der Waals surface area contributed by atoms with Gasteiger partial charge in [-0.25, -0.2) is 8.42 Å². The normalized spacial score (nSPS) is 19.2. The first-order chi connectivity index (χ1) is 11.4. The van der Waals surface area contributed by atoms with Gasteiger partial charge in [-0.3, -0.25) is 4.79 Å². The number of piperidine rings is 1. The van der Waals surface area contributed by atoms with E-state index in [-0.39, 0.29) is 11.7 Å². The van der Waals surface area contributed by atoms with E-state index in [1.807, 2.05) is 31.2 Å². The van der Waals surface area contributed by atoms with Gasteiger partial charge in [0.05, 0.1) is 5.75 Å². The lowest BCUT2D eigenvalue weighted by Gasteiger charge is -2.33. The number of benzene rings is 1. The van der Waals surface area contributed by atoms with Gasteiger partial charge >= 0.3 is 0 Å². The molecule has 1 aliphatic rings. The number of nitrogens with one attached hydrogen (secondary N) is 1. The molecule has 1 aliphatic heterocycles. The molecule has 0 bridgehead atoms. The summed E-state index contributed by atoms with van der Waals surface area (Å²) in [5, 5.41) is 3.56. The van der Waals surface area contributed by atoms with Gasteiger partial charge in [-0.1, -0.05) is 37.1 Å². The Bertz CT molecular complexity index is 646. The smallest absolute Gasteiger partial charge is 0.238 e. The monoisotopic (exact) mass is 372 g/mol. The lowest BCUT2D eigenvalue weighted by molar-refractivity contribution is -0.125. The lowest BCUT2D eigenvalue weighted by atomic mass is 10.0. The minimum Gasteiger partial charge on any atom is -0.354 e. The largest absolute Gasteiger partial charge is 0.354 e. The fourth-order valence-electron chi connectivity index (χ4n) is 2.97. The number of carbonyl (C=O) groups excluding carboxylic acids is 1. The summed E-state index contributed by atoms with van der Waals surface area (Å²) in [5.41, 5.74) is 1.08. The van der Waals surface area contributed by atoms with E-state index in [9.17, 15) is 13.2 Å². The maximum absolute atomic E-state index is 12.5. The van der Waals surface area contributed by atoms with Crippen molar-refractivity contribution in [3.05, 3.63) is 34.9 Å². The molecule has 1 atom stereocenters. The van der Waals surface area contributed by atoms with Crippen molar-refractivity contribution in [2.75, 3.05) is 18.8 Å². The fourth-order valence-corrected chi connectivity index (χ4v) is 4.85. The van der Waals surface area contributed by atoms with Crippen molar-refractivity contribution in [1.82, 2.24) is 9.62 Å². The third-order valence-corrected chi connectivity index (χ3v) is 6.53. The summed E-state index contributed by atoms with van der Waals surface area (Å²) in [6, 6.07) is 6.92. The zero-order chi connectivity index (χ0) is 17.6. The number of hydrogen-bond acceptors (Lipinski definition) is 3. The standard InChI is InChI=1S/C17H25ClN2O3S/c1-2-13-24(22,23)20-12-4-3-5-16(20)17(21)19-11-10-14-6-8-15(18)9-7-14/h6-9,16H,2-5,10-13H2,1H3,(H,19,21). The number of sulfonamides is 1. The minimum absolute atomic E-state index is 0.0988. The quantitative estimate of drug-likeness (QED) is 0.800. The van der Waals surface area contributed by atoms with Gasteiger partial charge < -0.3 is 5.32 Å². The van der Waals surface area contributed by atoms with Crippen molar-refractivity contribution >= 4 is 27.5 Å². The van der Waals surface area contributed by atoms with Crippen LogP contribution in [0.2, 0.25) is 5.02 Å². The number of halogens is 1. The molecular weight excluding hydrogens is 348 g/mol. The summed E-state index contributed by atoms with van der Waals surface area (Å²) < 4.78 is 26.1. The Labute approximate surface area is 149 Å². The molecule has 0 aromatic heterocycles. The Morgan fingerprint density at radius 3 is 2.67 bits per heavy atom. The van der Waals surface area contributed by atoms with E-state index >= 15 is 0 Å². The first-order valence-electron chi connectivity index (χ1n) is 8.45. The average Bonchev–Trinajstić information content (AvgIpc) is 2.56. The molecule has 1 fully saturated rings. The van der Waals surface area contributed by atoms with E-state index < -0.39 is 16.1 Å². The topological polar surface area (TPSA) is 66.5 Å². The SMILES string of the molecule is CCCS(=O)(=O)N1CCCCC1C(=O)NCCc1ccc(Cl)cc1. The highest BCUT2D eigenvalue weighted by atomic mass is 35.5. The predicted octanol–water partition coefficient (Wildman–Crippen LogP) is 2.59. The molecule has 1 saturated heterocycles. The van der Waals surface area contributed by atoms with Crippen molar-refractivity contribution < 1.29 is 13.2 Å². The molecule has 7 heteroatoms. The van der Waals surface area contributed by atoms with Crippen molar-refractivity contribution in [3.8, 4) is 0 Å². The Hall–Kier alpha value is -1.11. The minimum atomic E-state index is -3.35. The van der Waals surface area contributed by atoms with Crippen LogP contribution < -0.4 is 5.32 Å². The van der Waals surface area contributed by atoms with Crippen LogP contribution >= 0.6 is 11.6 Å². The molecule has 24 heavy (non-hydrogen) atoms. The Kier molecular flexibility index (Phi) is 7.07. The summed E-state index contributed by atoms with van der Waals surface area (Å²) >= 11 is 5.85. The van der Waals surface area contributed by atoms with Crippen molar-refractivity contribution in [1.29, 1.82) is 0 Å². The summed E-state index contributed by atoms with van der Waals surface area (Å²) in [7, 11) is -3.35. The summed E-state index contributed by atoms with van der Waals surface area (Å²) in [4.78, 5) is 12.5. The Morgan fingerprint density at radius 1 is 1.29 bits per heavy atom. The number of nitrogens with zero attached hydrogens (tertiary/aromatic N) is 1. The molecule has 134 valence electrons. The third kappa shape index (κ3) is 5.19. The summed E-state index contributed by atoms with van der Waals surface area (Å²) in [5.74, 6) is -0.0926. The van der Waals surface area contributed by atoms with E-state index in [1.165, 1.54) is 4.31 Å². The van der Waals surface area contributed by atoms with Crippen molar-refractivity contribution in [2.24, 2.45) is 0 Å². The van der Waals surface area contributed by atoms with Crippen LogP contribution in [0.15, 0.2) is 24.3 Å². The number of rotatable bonds is 7. The molecule has 0 saturated carbocycles. The molecule has 1 aromatic carbocycles. The van der Waals surface area contributed by atoms with Crippen LogP contribution in [0.1, 0.15) is 38.2 Å². The van der Waals surface area contributed by atoms with Crippen LogP contribution in [0.25, 0.3) is 0 Å².